The number of hydrogen-bond donors (Lipinski definition) is 2. The number of hydrogen-bond acceptors (Lipinski definition) is 7. The number of ether oxygens (including phenoxy) is 2. The molecule has 32 heavy (non-hydrogen) atoms. The van der Waals surface area contributed by atoms with Gasteiger partial charge in [-0.15, -0.1) is 0 Å². The minimum Gasteiger partial charge on any atom is -0.497 e. The van der Waals surface area contributed by atoms with Crippen molar-refractivity contribution >= 4 is 29.3 Å². The molecule has 0 unspecified atom stereocenters. The zero-order valence-corrected chi connectivity index (χ0v) is 18.7. The molecule has 0 fully saturated rings. The van der Waals surface area contributed by atoms with Crippen LogP contribution in [-0.4, -0.2) is 40.8 Å². The summed E-state index contributed by atoms with van der Waals surface area (Å²) in [7, 11) is 1.58. The molecule has 3 rings (SSSR count). The van der Waals surface area contributed by atoms with E-state index in [4.69, 9.17) is 9.47 Å². The van der Waals surface area contributed by atoms with Crippen LogP contribution >= 0.6 is 11.8 Å². The molecule has 0 atom stereocenters. The van der Waals surface area contributed by atoms with Crippen molar-refractivity contribution in [2.45, 2.75) is 25.1 Å². The van der Waals surface area contributed by atoms with E-state index in [1.54, 1.807) is 57.4 Å². The highest BCUT2D eigenvalue weighted by Crippen LogP contribution is 2.22. The minimum atomic E-state index is -0.416. The standard InChI is InChI=1S/C23H23N3O5S/c1-14(2)31-22(29)16-4-8-17(9-5-16)24-21(28)13-32-23-25-19(12-20(27)26-23)15-6-10-18(30-3)11-7-15/h4-12,14H,13H2,1-3H3,(H,24,28)(H,25,26,27). The van der Waals surface area contributed by atoms with Crippen LogP contribution in [-0.2, 0) is 9.53 Å². The third kappa shape index (κ3) is 6.45. The average molecular weight is 454 g/mol. The third-order valence-electron chi connectivity index (χ3n) is 4.19. The molecule has 0 radical (unpaired) electrons. The number of thioether (sulfide) groups is 1. The number of aromatic nitrogens is 2. The summed E-state index contributed by atoms with van der Waals surface area (Å²) < 4.78 is 10.3. The van der Waals surface area contributed by atoms with Gasteiger partial charge in [0.1, 0.15) is 5.75 Å². The summed E-state index contributed by atoms with van der Waals surface area (Å²) in [6.45, 7) is 3.55. The first-order valence-electron chi connectivity index (χ1n) is 9.83. The fourth-order valence-electron chi connectivity index (χ4n) is 2.72. The zero-order valence-electron chi connectivity index (χ0n) is 17.9. The zero-order chi connectivity index (χ0) is 23.1. The molecular weight excluding hydrogens is 430 g/mol. The Hall–Kier alpha value is -3.59. The van der Waals surface area contributed by atoms with Gasteiger partial charge in [-0.3, -0.25) is 9.59 Å². The SMILES string of the molecule is COc1ccc(-c2cc(=O)[nH]c(SCC(=O)Nc3ccc(C(=O)OC(C)C)cc3)n2)cc1. The second-order valence-electron chi connectivity index (χ2n) is 7.03. The van der Waals surface area contributed by atoms with E-state index in [0.29, 0.717) is 27.9 Å². The van der Waals surface area contributed by atoms with E-state index in [-0.39, 0.29) is 23.3 Å². The van der Waals surface area contributed by atoms with E-state index in [1.165, 1.54) is 6.07 Å². The molecule has 0 aliphatic heterocycles. The van der Waals surface area contributed by atoms with Crippen LogP contribution in [0.5, 0.6) is 5.75 Å². The highest BCUT2D eigenvalue weighted by molar-refractivity contribution is 7.99. The predicted molar refractivity (Wildman–Crippen MR) is 123 cm³/mol. The quantitative estimate of drug-likeness (QED) is 0.304. The van der Waals surface area contributed by atoms with Gasteiger partial charge in [-0.2, -0.15) is 0 Å². The van der Waals surface area contributed by atoms with Crippen molar-refractivity contribution in [1.82, 2.24) is 9.97 Å². The molecule has 0 aliphatic rings. The summed E-state index contributed by atoms with van der Waals surface area (Å²) in [4.78, 5) is 43.3. The van der Waals surface area contributed by atoms with E-state index < -0.39 is 5.97 Å². The van der Waals surface area contributed by atoms with E-state index >= 15 is 0 Å². The fourth-order valence-corrected chi connectivity index (χ4v) is 3.39. The molecule has 1 aromatic heterocycles. The topological polar surface area (TPSA) is 110 Å². The normalized spacial score (nSPS) is 10.6. The molecule has 3 aromatic rings. The molecule has 8 nitrogen and oxygen atoms in total. The maximum absolute atomic E-state index is 12.3. The monoisotopic (exact) mass is 453 g/mol. The van der Waals surface area contributed by atoms with Crippen molar-refractivity contribution in [2.24, 2.45) is 0 Å². The van der Waals surface area contributed by atoms with Crippen LogP contribution in [0.1, 0.15) is 24.2 Å². The number of benzene rings is 2. The number of nitrogens with zero attached hydrogens (tertiary/aromatic N) is 1. The molecule has 2 aromatic carbocycles. The molecule has 2 N–H and O–H groups in total. The largest absolute Gasteiger partial charge is 0.497 e. The number of H-pyrrole nitrogens is 1. The molecule has 0 spiro atoms. The van der Waals surface area contributed by atoms with E-state index in [2.05, 4.69) is 15.3 Å². The average Bonchev–Trinajstić information content (AvgIpc) is 2.77. The molecular formula is C23H23N3O5S. The van der Waals surface area contributed by atoms with Crippen LogP contribution in [0.2, 0.25) is 0 Å². The summed E-state index contributed by atoms with van der Waals surface area (Å²) in [5.74, 6) is 0.0616. The van der Waals surface area contributed by atoms with Crippen molar-refractivity contribution < 1.29 is 19.1 Å². The summed E-state index contributed by atoms with van der Waals surface area (Å²) in [5, 5.41) is 3.09. The van der Waals surface area contributed by atoms with Gasteiger partial charge in [-0.1, -0.05) is 11.8 Å². The fraction of sp³-hybridized carbons (Fsp3) is 0.217. The van der Waals surface area contributed by atoms with Gasteiger partial charge in [0.25, 0.3) is 5.56 Å². The van der Waals surface area contributed by atoms with Gasteiger partial charge in [0.05, 0.1) is 30.2 Å². The maximum Gasteiger partial charge on any atom is 0.338 e. The Labute approximate surface area is 189 Å². The van der Waals surface area contributed by atoms with Gasteiger partial charge in [0.15, 0.2) is 5.16 Å². The van der Waals surface area contributed by atoms with Crippen LogP contribution < -0.4 is 15.6 Å². The lowest BCUT2D eigenvalue weighted by molar-refractivity contribution is -0.113. The Morgan fingerprint density at radius 1 is 1.09 bits per heavy atom. The second kappa shape index (κ2) is 10.6. The van der Waals surface area contributed by atoms with Crippen molar-refractivity contribution in [1.29, 1.82) is 0 Å². The van der Waals surface area contributed by atoms with Gasteiger partial charge in [-0.25, -0.2) is 9.78 Å². The van der Waals surface area contributed by atoms with Gasteiger partial charge < -0.3 is 19.8 Å². The smallest absolute Gasteiger partial charge is 0.338 e. The predicted octanol–water partition coefficient (Wildman–Crippen LogP) is 3.74. The van der Waals surface area contributed by atoms with Crippen molar-refractivity contribution in [3.63, 3.8) is 0 Å². The molecule has 9 heteroatoms. The number of amides is 1. The number of methoxy groups -OCH3 is 1. The van der Waals surface area contributed by atoms with E-state index in [9.17, 15) is 14.4 Å². The Morgan fingerprint density at radius 3 is 2.41 bits per heavy atom. The Morgan fingerprint density at radius 2 is 1.78 bits per heavy atom. The number of esters is 1. The lowest BCUT2D eigenvalue weighted by Crippen LogP contribution is -2.16. The summed E-state index contributed by atoms with van der Waals surface area (Å²) in [5.41, 5.74) is 1.91. The first-order chi connectivity index (χ1) is 15.3. The van der Waals surface area contributed by atoms with Crippen molar-refractivity contribution in [2.75, 3.05) is 18.2 Å². The van der Waals surface area contributed by atoms with Crippen LogP contribution in [0.15, 0.2) is 64.5 Å². The number of rotatable bonds is 8. The van der Waals surface area contributed by atoms with Crippen LogP contribution in [0, 0.1) is 0 Å². The van der Waals surface area contributed by atoms with Gasteiger partial charge in [0, 0.05) is 17.3 Å². The number of anilines is 1. The minimum absolute atomic E-state index is 0.0478. The number of aromatic amines is 1. The molecule has 0 bridgehead atoms. The summed E-state index contributed by atoms with van der Waals surface area (Å²) >= 11 is 1.12. The van der Waals surface area contributed by atoms with Gasteiger partial charge in [0.2, 0.25) is 5.91 Å². The summed E-state index contributed by atoms with van der Waals surface area (Å²) in [6, 6.07) is 15.0. The lowest BCUT2D eigenvalue weighted by Gasteiger charge is -2.09. The van der Waals surface area contributed by atoms with E-state index in [1.807, 2.05) is 12.1 Å². The Bertz CT molecular complexity index is 1140. The second-order valence-corrected chi connectivity index (χ2v) is 8.00. The highest BCUT2D eigenvalue weighted by Gasteiger charge is 2.11. The number of carbonyl (C=O) groups is 2. The van der Waals surface area contributed by atoms with Crippen LogP contribution in [0.3, 0.4) is 0 Å². The van der Waals surface area contributed by atoms with E-state index in [0.717, 1.165) is 17.3 Å². The highest BCUT2D eigenvalue weighted by atomic mass is 32.2. The van der Waals surface area contributed by atoms with Crippen molar-refractivity contribution in [3.05, 3.63) is 70.5 Å². The molecule has 0 aliphatic carbocycles. The first kappa shape index (κ1) is 23.1. The van der Waals surface area contributed by atoms with Crippen LogP contribution in [0.25, 0.3) is 11.3 Å². The Kier molecular flexibility index (Phi) is 7.67. The number of nitrogens with one attached hydrogen (secondary N) is 2. The van der Waals surface area contributed by atoms with Gasteiger partial charge in [-0.05, 0) is 62.4 Å². The lowest BCUT2D eigenvalue weighted by atomic mass is 10.1. The Balaban J connectivity index is 1.60. The van der Waals surface area contributed by atoms with Gasteiger partial charge >= 0.3 is 5.97 Å². The first-order valence-corrected chi connectivity index (χ1v) is 10.8. The molecule has 166 valence electrons. The van der Waals surface area contributed by atoms with Crippen LogP contribution in [0.4, 0.5) is 5.69 Å². The third-order valence-corrected chi connectivity index (χ3v) is 5.07. The molecule has 1 amide bonds. The molecule has 0 saturated carbocycles. The molecule has 0 saturated heterocycles. The number of carbonyl (C=O) groups excluding carboxylic acids is 2. The maximum atomic E-state index is 12.3. The van der Waals surface area contributed by atoms with Crippen molar-refractivity contribution in [3.8, 4) is 17.0 Å². The molecule has 1 heterocycles. The summed E-state index contributed by atoms with van der Waals surface area (Å²) in [6.07, 6.45) is -0.206.